The number of carbonyl (C=O) groups excluding carboxylic acids is 1. The third kappa shape index (κ3) is 2.97. The third-order valence-corrected chi connectivity index (χ3v) is 4.46. The van der Waals surface area contributed by atoms with Crippen LogP contribution in [0.2, 0.25) is 0 Å². The molecule has 0 radical (unpaired) electrons. The summed E-state index contributed by atoms with van der Waals surface area (Å²) in [7, 11) is 1.82. The van der Waals surface area contributed by atoms with Crippen molar-refractivity contribution in [2.75, 3.05) is 20.1 Å². The highest BCUT2D eigenvalue weighted by Crippen LogP contribution is 2.30. The van der Waals surface area contributed by atoms with E-state index in [9.17, 15) is 18.0 Å². The van der Waals surface area contributed by atoms with Gasteiger partial charge in [0.15, 0.2) is 0 Å². The normalized spacial score (nSPS) is 22.7. The molecule has 1 unspecified atom stereocenters. The number of halogens is 3. The van der Waals surface area contributed by atoms with Crippen molar-refractivity contribution in [3.63, 3.8) is 0 Å². The predicted octanol–water partition coefficient (Wildman–Crippen LogP) is 1.12. The molecule has 1 atom stereocenters. The zero-order valence-corrected chi connectivity index (χ0v) is 13.0. The van der Waals surface area contributed by atoms with Gasteiger partial charge in [0.1, 0.15) is 17.7 Å². The van der Waals surface area contributed by atoms with Crippen LogP contribution < -0.4 is 0 Å². The van der Waals surface area contributed by atoms with Crippen molar-refractivity contribution < 1.29 is 18.0 Å². The van der Waals surface area contributed by atoms with Gasteiger partial charge in [-0.25, -0.2) is 0 Å². The molecule has 0 aliphatic carbocycles. The van der Waals surface area contributed by atoms with Crippen molar-refractivity contribution in [3.05, 3.63) is 23.3 Å². The van der Waals surface area contributed by atoms with Crippen LogP contribution in [-0.2, 0) is 17.9 Å². The number of aromatic nitrogens is 3. The Balaban J connectivity index is 1.72. The number of aryl methyl sites for hydroxylation is 1. The van der Waals surface area contributed by atoms with Crippen molar-refractivity contribution in [2.24, 2.45) is 0 Å². The zero-order valence-electron chi connectivity index (χ0n) is 13.0. The summed E-state index contributed by atoms with van der Waals surface area (Å²) in [5.74, 6) is 1.39. The molecule has 3 rings (SSSR count). The van der Waals surface area contributed by atoms with Gasteiger partial charge in [-0.05, 0) is 20.4 Å². The first-order valence-electron chi connectivity index (χ1n) is 7.41. The standard InChI is InChI=1S/C14H18F3N5O/c1-9-18-19-12-8-20(2)11(7-22(9)12)13(23)21-5-3-10(4-6-21)14(15,16)17/h3,11H,4-8H2,1-2H3. The van der Waals surface area contributed by atoms with Crippen LogP contribution in [0.25, 0.3) is 0 Å². The molecule has 2 aliphatic heterocycles. The quantitative estimate of drug-likeness (QED) is 0.725. The van der Waals surface area contributed by atoms with Crippen LogP contribution in [0.3, 0.4) is 0 Å². The molecular weight excluding hydrogens is 311 g/mol. The molecule has 0 saturated carbocycles. The molecule has 1 amide bonds. The minimum Gasteiger partial charge on any atom is -0.337 e. The van der Waals surface area contributed by atoms with E-state index in [4.69, 9.17) is 0 Å². The first-order valence-corrected chi connectivity index (χ1v) is 7.41. The van der Waals surface area contributed by atoms with Crippen LogP contribution in [0.5, 0.6) is 0 Å². The Morgan fingerprint density at radius 3 is 2.70 bits per heavy atom. The number of nitrogens with zero attached hydrogens (tertiary/aromatic N) is 5. The number of carbonyl (C=O) groups is 1. The molecule has 3 heterocycles. The maximum Gasteiger partial charge on any atom is 0.412 e. The highest BCUT2D eigenvalue weighted by Gasteiger charge is 2.38. The number of fused-ring (bicyclic) bond motifs is 1. The Morgan fingerprint density at radius 1 is 1.35 bits per heavy atom. The van der Waals surface area contributed by atoms with Gasteiger partial charge in [0.25, 0.3) is 0 Å². The van der Waals surface area contributed by atoms with E-state index in [0.717, 1.165) is 17.7 Å². The van der Waals surface area contributed by atoms with Crippen LogP contribution in [0.4, 0.5) is 13.2 Å². The van der Waals surface area contributed by atoms with E-state index in [1.54, 1.807) is 0 Å². The van der Waals surface area contributed by atoms with Crippen LogP contribution >= 0.6 is 0 Å². The largest absolute Gasteiger partial charge is 0.412 e. The first-order chi connectivity index (χ1) is 10.8. The lowest BCUT2D eigenvalue weighted by Crippen LogP contribution is -2.52. The minimum absolute atomic E-state index is 0.00599. The van der Waals surface area contributed by atoms with Gasteiger partial charge >= 0.3 is 6.18 Å². The number of hydrogen-bond acceptors (Lipinski definition) is 4. The van der Waals surface area contributed by atoms with Gasteiger partial charge in [0.2, 0.25) is 5.91 Å². The molecular formula is C14H18F3N5O. The fourth-order valence-corrected chi connectivity index (χ4v) is 3.03. The monoisotopic (exact) mass is 329 g/mol. The van der Waals surface area contributed by atoms with E-state index in [0.29, 0.717) is 13.1 Å². The second kappa shape index (κ2) is 5.63. The number of alkyl halides is 3. The molecule has 0 fully saturated rings. The summed E-state index contributed by atoms with van der Waals surface area (Å²) in [6.07, 6.45) is -3.34. The van der Waals surface area contributed by atoms with Crippen LogP contribution in [0.15, 0.2) is 11.6 Å². The highest BCUT2D eigenvalue weighted by molar-refractivity contribution is 5.82. The Labute approximate surface area is 131 Å². The third-order valence-electron chi connectivity index (χ3n) is 4.46. The number of rotatable bonds is 1. The molecule has 0 N–H and O–H groups in total. The Kier molecular flexibility index (Phi) is 3.91. The summed E-state index contributed by atoms with van der Waals surface area (Å²) >= 11 is 0. The molecule has 0 bridgehead atoms. The number of hydrogen-bond donors (Lipinski definition) is 0. The van der Waals surface area contributed by atoms with Crippen molar-refractivity contribution in [1.29, 1.82) is 0 Å². The molecule has 2 aliphatic rings. The summed E-state index contributed by atoms with van der Waals surface area (Å²) in [6, 6.07) is -0.405. The molecule has 0 spiro atoms. The topological polar surface area (TPSA) is 54.3 Å². The number of amides is 1. The first kappa shape index (κ1) is 16.0. The van der Waals surface area contributed by atoms with Crippen LogP contribution in [-0.4, -0.2) is 62.8 Å². The second-order valence-corrected chi connectivity index (χ2v) is 5.97. The van der Waals surface area contributed by atoms with Gasteiger partial charge in [-0.1, -0.05) is 6.08 Å². The lowest BCUT2D eigenvalue weighted by molar-refractivity contribution is -0.138. The fraction of sp³-hybridized carbons (Fsp3) is 0.643. The Bertz CT molecular complexity index is 651. The molecule has 23 heavy (non-hydrogen) atoms. The number of likely N-dealkylation sites (N-methyl/N-ethyl adjacent to an activating group) is 1. The molecule has 6 nitrogen and oxygen atoms in total. The predicted molar refractivity (Wildman–Crippen MR) is 75.3 cm³/mol. The van der Waals surface area contributed by atoms with Crippen molar-refractivity contribution in [3.8, 4) is 0 Å². The SMILES string of the molecule is Cc1nnc2n1CC(C(=O)N1CC=C(C(F)(F)F)CC1)N(C)C2. The molecule has 126 valence electrons. The van der Waals surface area contributed by atoms with Gasteiger partial charge in [-0.2, -0.15) is 13.2 Å². The minimum atomic E-state index is -4.30. The highest BCUT2D eigenvalue weighted by atomic mass is 19.4. The maximum atomic E-state index is 12.7. The van der Waals surface area contributed by atoms with Gasteiger partial charge < -0.3 is 9.47 Å². The average molecular weight is 329 g/mol. The summed E-state index contributed by atoms with van der Waals surface area (Å²) < 4.78 is 39.9. The van der Waals surface area contributed by atoms with E-state index < -0.39 is 17.8 Å². The van der Waals surface area contributed by atoms with E-state index >= 15 is 0 Å². The van der Waals surface area contributed by atoms with Crippen molar-refractivity contribution >= 4 is 5.91 Å². The van der Waals surface area contributed by atoms with E-state index in [-0.39, 0.29) is 25.4 Å². The van der Waals surface area contributed by atoms with Gasteiger partial charge in [0.05, 0.1) is 13.1 Å². The molecule has 1 aromatic heterocycles. The summed E-state index contributed by atoms with van der Waals surface area (Å²) in [5, 5.41) is 8.06. The smallest absolute Gasteiger partial charge is 0.337 e. The van der Waals surface area contributed by atoms with E-state index in [1.165, 1.54) is 4.90 Å². The molecule has 0 aromatic carbocycles. The van der Waals surface area contributed by atoms with E-state index in [2.05, 4.69) is 10.2 Å². The zero-order chi connectivity index (χ0) is 16.8. The van der Waals surface area contributed by atoms with Crippen molar-refractivity contribution in [2.45, 2.75) is 38.7 Å². The average Bonchev–Trinajstić information content (AvgIpc) is 2.85. The van der Waals surface area contributed by atoms with Gasteiger partial charge in [0, 0.05) is 18.7 Å². The lowest BCUT2D eigenvalue weighted by atomic mass is 10.1. The second-order valence-electron chi connectivity index (χ2n) is 5.97. The van der Waals surface area contributed by atoms with Gasteiger partial charge in [-0.15, -0.1) is 10.2 Å². The van der Waals surface area contributed by atoms with Gasteiger partial charge in [-0.3, -0.25) is 9.69 Å². The molecule has 1 aromatic rings. The Hall–Kier alpha value is -1.90. The van der Waals surface area contributed by atoms with Crippen LogP contribution in [0, 0.1) is 6.92 Å². The van der Waals surface area contributed by atoms with Crippen LogP contribution in [0.1, 0.15) is 18.1 Å². The summed E-state index contributed by atoms with van der Waals surface area (Å²) in [5.41, 5.74) is -0.546. The maximum absolute atomic E-state index is 12.7. The Morgan fingerprint density at radius 2 is 2.09 bits per heavy atom. The lowest BCUT2D eigenvalue weighted by Gasteiger charge is -2.36. The summed E-state index contributed by atoms with van der Waals surface area (Å²) in [4.78, 5) is 16.0. The summed E-state index contributed by atoms with van der Waals surface area (Å²) in [6.45, 7) is 2.85. The fourth-order valence-electron chi connectivity index (χ4n) is 3.03. The molecule has 9 heteroatoms. The molecule has 0 saturated heterocycles. The van der Waals surface area contributed by atoms with Crippen molar-refractivity contribution in [1.82, 2.24) is 24.6 Å². The van der Waals surface area contributed by atoms with E-state index in [1.807, 2.05) is 23.4 Å².